The minimum absolute atomic E-state index is 0.0389. The Hall–Kier alpha value is -1.56. The summed E-state index contributed by atoms with van der Waals surface area (Å²) < 4.78 is 36.7. The molecule has 2 N–H and O–H groups in total. The number of carbonyl (C=O) groups is 1. The van der Waals surface area contributed by atoms with Crippen LogP contribution in [0.5, 0.6) is 0 Å². The Balaban J connectivity index is 2.74. The van der Waals surface area contributed by atoms with Gasteiger partial charge in [-0.3, -0.25) is 4.79 Å². The van der Waals surface area contributed by atoms with E-state index in [1.165, 1.54) is 0 Å². The second-order valence-corrected chi connectivity index (χ2v) is 4.52. The molecule has 0 amide bonds. The molecule has 0 aliphatic rings. The van der Waals surface area contributed by atoms with Gasteiger partial charge in [0.25, 0.3) is 0 Å². The zero-order valence-corrected chi connectivity index (χ0v) is 10.3. The molecule has 1 rings (SSSR count). The van der Waals surface area contributed by atoms with Crippen molar-refractivity contribution in [3.63, 3.8) is 0 Å². The zero-order valence-electron chi connectivity index (χ0n) is 10.3. The smallest absolute Gasteiger partial charge is 0.414 e. The van der Waals surface area contributed by atoms with Gasteiger partial charge in [-0.2, -0.15) is 13.2 Å². The second kappa shape index (κ2) is 6.06. The van der Waals surface area contributed by atoms with Crippen molar-refractivity contribution in [2.75, 3.05) is 0 Å². The Kier molecular flexibility index (Phi) is 4.94. The van der Waals surface area contributed by atoms with Crippen LogP contribution in [0.1, 0.15) is 17.5 Å². The maximum atomic E-state index is 12.2. The van der Waals surface area contributed by atoms with Crippen molar-refractivity contribution < 1.29 is 28.2 Å². The topological polar surface area (TPSA) is 57.5 Å². The van der Waals surface area contributed by atoms with Gasteiger partial charge in [0.05, 0.1) is 5.92 Å². The Labute approximate surface area is 108 Å². The van der Waals surface area contributed by atoms with Crippen LogP contribution in [0.15, 0.2) is 24.3 Å². The molecule has 2 unspecified atom stereocenters. The molecule has 0 saturated heterocycles. The van der Waals surface area contributed by atoms with Gasteiger partial charge in [0.2, 0.25) is 0 Å². The van der Waals surface area contributed by atoms with E-state index in [4.69, 9.17) is 10.2 Å². The molecule has 0 aliphatic heterocycles. The Bertz CT molecular complexity index is 426. The largest absolute Gasteiger partial charge is 0.481 e. The highest BCUT2D eigenvalue weighted by Gasteiger charge is 2.40. The summed E-state index contributed by atoms with van der Waals surface area (Å²) >= 11 is 0. The van der Waals surface area contributed by atoms with Crippen LogP contribution >= 0.6 is 0 Å². The lowest BCUT2D eigenvalue weighted by Gasteiger charge is -2.19. The first-order valence-corrected chi connectivity index (χ1v) is 5.73. The van der Waals surface area contributed by atoms with Crippen molar-refractivity contribution >= 4 is 5.97 Å². The highest BCUT2D eigenvalue weighted by molar-refractivity contribution is 5.70. The molecule has 3 nitrogen and oxygen atoms in total. The lowest BCUT2D eigenvalue weighted by molar-refractivity contribution is -0.209. The third kappa shape index (κ3) is 4.90. The summed E-state index contributed by atoms with van der Waals surface area (Å²) in [4.78, 5) is 11.0. The summed E-state index contributed by atoms with van der Waals surface area (Å²) in [5.74, 6) is -2.61. The number of aliphatic hydroxyl groups excluding tert-OH is 1. The number of benzene rings is 1. The maximum absolute atomic E-state index is 12.2. The van der Waals surface area contributed by atoms with Crippen molar-refractivity contribution in [2.45, 2.75) is 32.0 Å². The molecule has 106 valence electrons. The standard InChI is InChI=1S/C13H15F3O3/c1-8-2-4-9(5-3-8)6-10(12(18)19)7-11(17)13(14,15)16/h2-5,10-11,17H,6-7H2,1H3,(H,18,19). The Morgan fingerprint density at radius 2 is 1.79 bits per heavy atom. The molecule has 0 aliphatic carbocycles. The number of carboxylic acid groups (broad SMARTS) is 1. The van der Waals surface area contributed by atoms with Crippen LogP contribution in [0.25, 0.3) is 0 Å². The lowest BCUT2D eigenvalue weighted by atomic mass is 9.93. The van der Waals surface area contributed by atoms with Gasteiger partial charge in [0.1, 0.15) is 0 Å². The first-order valence-electron chi connectivity index (χ1n) is 5.73. The molecule has 1 aromatic carbocycles. The number of aliphatic hydroxyl groups is 1. The molecule has 0 radical (unpaired) electrons. The van der Waals surface area contributed by atoms with Gasteiger partial charge in [0, 0.05) is 0 Å². The number of halogens is 3. The van der Waals surface area contributed by atoms with E-state index in [2.05, 4.69) is 0 Å². The first kappa shape index (κ1) is 15.5. The average molecular weight is 276 g/mol. The van der Waals surface area contributed by atoms with E-state index in [0.29, 0.717) is 5.56 Å². The maximum Gasteiger partial charge on any atom is 0.414 e. The highest BCUT2D eigenvalue weighted by Crippen LogP contribution is 2.26. The molecular weight excluding hydrogens is 261 g/mol. The van der Waals surface area contributed by atoms with Crippen molar-refractivity contribution in [2.24, 2.45) is 5.92 Å². The van der Waals surface area contributed by atoms with Crippen molar-refractivity contribution in [3.8, 4) is 0 Å². The zero-order chi connectivity index (χ0) is 14.6. The van der Waals surface area contributed by atoms with Gasteiger partial charge in [-0.15, -0.1) is 0 Å². The Morgan fingerprint density at radius 3 is 2.21 bits per heavy atom. The molecule has 0 saturated carbocycles. The van der Waals surface area contributed by atoms with E-state index in [9.17, 15) is 18.0 Å². The summed E-state index contributed by atoms with van der Waals surface area (Å²) in [6.07, 6.45) is -8.28. The van der Waals surface area contributed by atoms with Crippen molar-refractivity contribution in [1.82, 2.24) is 0 Å². The second-order valence-electron chi connectivity index (χ2n) is 4.52. The van der Waals surface area contributed by atoms with E-state index < -0.39 is 30.6 Å². The van der Waals surface area contributed by atoms with E-state index >= 15 is 0 Å². The molecule has 0 aromatic heterocycles. The van der Waals surface area contributed by atoms with Gasteiger partial charge in [-0.1, -0.05) is 29.8 Å². The summed E-state index contributed by atoms with van der Waals surface area (Å²) in [5, 5.41) is 17.9. The summed E-state index contributed by atoms with van der Waals surface area (Å²) in [6, 6.07) is 6.86. The number of rotatable bonds is 5. The van der Waals surface area contributed by atoms with Crippen LogP contribution in [-0.4, -0.2) is 28.5 Å². The van der Waals surface area contributed by atoms with Crippen LogP contribution in [0, 0.1) is 12.8 Å². The van der Waals surface area contributed by atoms with Gasteiger partial charge in [-0.25, -0.2) is 0 Å². The van der Waals surface area contributed by atoms with Crippen LogP contribution in [0.3, 0.4) is 0 Å². The lowest BCUT2D eigenvalue weighted by Crippen LogP contribution is -2.33. The minimum atomic E-state index is -4.79. The molecule has 1 aromatic rings. The summed E-state index contributed by atoms with van der Waals surface area (Å²) in [6.45, 7) is 1.85. The predicted octanol–water partition coefficient (Wildman–Crippen LogP) is 2.55. The number of aryl methyl sites for hydroxylation is 1. The number of hydrogen-bond acceptors (Lipinski definition) is 2. The molecule has 0 heterocycles. The number of carboxylic acids is 1. The van der Waals surface area contributed by atoms with E-state index in [1.54, 1.807) is 24.3 Å². The third-order valence-corrected chi connectivity index (χ3v) is 2.84. The van der Waals surface area contributed by atoms with Gasteiger partial charge in [-0.05, 0) is 25.3 Å². The molecule has 19 heavy (non-hydrogen) atoms. The molecular formula is C13H15F3O3. The number of aliphatic carboxylic acids is 1. The minimum Gasteiger partial charge on any atom is -0.481 e. The monoisotopic (exact) mass is 276 g/mol. The normalized spacial score (nSPS) is 15.0. The van der Waals surface area contributed by atoms with Gasteiger partial charge < -0.3 is 10.2 Å². The van der Waals surface area contributed by atoms with Crippen LogP contribution in [-0.2, 0) is 11.2 Å². The number of hydrogen-bond donors (Lipinski definition) is 2. The quantitative estimate of drug-likeness (QED) is 0.869. The van der Waals surface area contributed by atoms with Crippen LogP contribution < -0.4 is 0 Å². The van der Waals surface area contributed by atoms with E-state index in [1.807, 2.05) is 6.92 Å². The molecule has 2 atom stereocenters. The summed E-state index contributed by atoms with van der Waals surface area (Å²) in [7, 11) is 0. The summed E-state index contributed by atoms with van der Waals surface area (Å²) in [5.41, 5.74) is 1.61. The van der Waals surface area contributed by atoms with Crippen molar-refractivity contribution in [3.05, 3.63) is 35.4 Å². The average Bonchev–Trinajstić information content (AvgIpc) is 2.29. The fourth-order valence-corrected chi connectivity index (χ4v) is 1.68. The van der Waals surface area contributed by atoms with Crippen molar-refractivity contribution in [1.29, 1.82) is 0 Å². The molecule has 0 fully saturated rings. The fourth-order valence-electron chi connectivity index (χ4n) is 1.68. The SMILES string of the molecule is Cc1ccc(CC(CC(O)C(F)(F)F)C(=O)O)cc1. The number of alkyl halides is 3. The van der Waals surface area contributed by atoms with E-state index in [-0.39, 0.29) is 6.42 Å². The molecule has 0 bridgehead atoms. The Morgan fingerprint density at radius 1 is 1.26 bits per heavy atom. The molecule has 0 spiro atoms. The molecule has 6 heteroatoms. The predicted molar refractivity (Wildman–Crippen MR) is 62.7 cm³/mol. The fraction of sp³-hybridized carbons (Fsp3) is 0.462. The van der Waals surface area contributed by atoms with Crippen LogP contribution in [0.4, 0.5) is 13.2 Å². The van der Waals surface area contributed by atoms with E-state index in [0.717, 1.165) is 5.56 Å². The van der Waals surface area contributed by atoms with Crippen LogP contribution in [0.2, 0.25) is 0 Å². The highest BCUT2D eigenvalue weighted by atomic mass is 19.4. The van der Waals surface area contributed by atoms with Gasteiger partial charge >= 0.3 is 12.1 Å². The first-order chi connectivity index (χ1) is 8.70. The third-order valence-electron chi connectivity index (χ3n) is 2.84. The van der Waals surface area contributed by atoms with Gasteiger partial charge in [0.15, 0.2) is 6.10 Å².